The summed E-state index contributed by atoms with van der Waals surface area (Å²) < 4.78 is 16.1. The van der Waals surface area contributed by atoms with E-state index in [0.717, 1.165) is 0 Å². The second kappa shape index (κ2) is 7.61. The molecule has 0 spiro atoms. The molecule has 2 aromatic rings. The number of hydrogen-bond acceptors (Lipinski definition) is 6. The van der Waals surface area contributed by atoms with Crippen molar-refractivity contribution in [3.8, 4) is 23.4 Å². The number of anilines is 1. The van der Waals surface area contributed by atoms with E-state index in [2.05, 4.69) is 10.3 Å². The third-order valence-electron chi connectivity index (χ3n) is 3.96. The zero-order valence-corrected chi connectivity index (χ0v) is 14.4. The number of nitrogens with zero attached hydrogens (tertiary/aromatic N) is 3. The quantitative estimate of drug-likeness (QED) is 0.885. The minimum atomic E-state index is -0.255. The number of nitrogens with one attached hydrogen (secondary N) is 1. The number of methoxy groups -OCH3 is 2. The lowest BCUT2D eigenvalue weighted by Crippen LogP contribution is -2.57. The highest BCUT2D eigenvalue weighted by molar-refractivity contribution is 5.91. The van der Waals surface area contributed by atoms with Crippen LogP contribution in [0.4, 0.5) is 10.5 Å². The average Bonchev–Trinajstić information content (AvgIpc) is 2.64. The zero-order valence-electron chi connectivity index (χ0n) is 14.4. The molecular formula is C18H18N4O4. The van der Waals surface area contributed by atoms with E-state index < -0.39 is 0 Å². The number of hydrogen-bond donors (Lipinski definition) is 1. The molecule has 0 radical (unpaired) electrons. The van der Waals surface area contributed by atoms with Gasteiger partial charge in [-0.05, 0) is 24.3 Å². The van der Waals surface area contributed by atoms with E-state index in [1.807, 2.05) is 6.07 Å². The van der Waals surface area contributed by atoms with Crippen LogP contribution in [0.5, 0.6) is 17.4 Å². The summed E-state index contributed by atoms with van der Waals surface area (Å²) in [5, 5.41) is 11.9. The lowest BCUT2D eigenvalue weighted by molar-refractivity contribution is 0.0458. The molecule has 26 heavy (non-hydrogen) atoms. The molecule has 8 nitrogen and oxygen atoms in total. The molecule has 1 aromatic heterocycles. The Bertz CT molecular complexity index is 843. The first-order valence-electron chi connectivity index (χ1n) is 7.94. The maximum Gasteiger partial charge on any atom is 0.322 e. The van der Waals surface area contributed by atoms with Crippen molar-refractivity contribution in [1.82, 2.24) is 9.88 Å². The second-order valence-electron chi connectivity index (χ2n) is 5.61. The van der Waals surface area contributed by atoms with E-state index in [9.17, 15) is 4.79 Å². The fourth-order valence-corrected chi connectivity index (χ4v) is 2.50. The normalized spacial score (nSPS) is 13.3. The van der Waals surface area contributed by atoms with E-state index in [1.165, 1.54) is 7.11 Å². The molecule has 0 atom stereocenters. The summed E-state index contributed by atoms with van der Waals surface area (Å²) in [7, 11) is 3.09. The van der Waals surface area contributed by atoms with E-state index >= 15 is 0 Å². The molecule has 0 aliphatic carbocycles. The lowest BCUT2D eigenvalue weighted by atomic mass is 10.2. The summed E-state index contributed by atoms with van der Waals surface area (Å²) in [6.45, 7) is 0.817. The third kappa shape index (κ3) is 3.62. The number of likely N-dealkylation sites (tertiary alicyclic amines) is 1. The van der Waals surface area contributed by atoms with E-state index in [4.69, 9.17) is 19.5 Å². The second-order valence-corrected chi connectivity index (χ2v) is 5.61. The third-order valence-corrected chi connectivity index (χ3v) is 3.96. The Labute approximate surface area is 150 Å². The maximum absolute atomic E-state index is 12.3. The predicted octanol–water partition coefficient (Wildman–Crippen LogP) is 2.27. The number of rotatable bonds is 5. The van der Waals surface area contributed by atoms with Gasteiger partial charge in [0.1, 0.15) is 29.2 Å². The van der Waals surface area contributed by atoms with Crippen molar-refractivity contribution in [2.45, 2.75) is 6.10 Å². The topological polar surface area (TPSA) is 96.7 Å². The molecule has 1 N–H and O–H groups in total. The Morgan fingerprint density at radius 3 is 2.81 bits per heavy atom. The number of amides is 2. The first-order valence-corrected chi connectivity index (χ1v) is 7.94. The molecule has 0 saturated carbocycles. The zero-order chi connectivity index (χ0) is 18.5. The molecule has 8 heteroatoms. The average molecular weight is 354 g/mol. The van der Waals surface area contributed by atoms with Crippen LogP contribution >= 0.6 is 0 Å². The Morgan fingerprint density at radius 2 is 2.12 bits per heavy atom. The van der Waals surface area contributed by atoms with Gasteiger partial charge in [-0.1, -0.05) is 0 Å². The van der Waals surface area contributed by atoms with Gasteiger partial charge in [0.2, 0.25) is 5.88 Å². The van der Waals surface area contributed by atoms with Crippen LogP contribution in [-0.4, -0.2) is 49.3 Å². The van der Waals surface area contributed by atoms with Crippen LogP contribution in [0.3, 0.4) is 0 Å². The van der Waals surface area contributed by atoms with Crippen LogP contribution in [-0.2, 0) is 0 Å². The van der Waals surface area contributed by atoms with Gasteiger partial charge in [-0.3, -0.25) is 0 Å². The van der Waals surface area contributed by atoms with Gasteiger partial charge in [0.05, 0.1) is 33.0 Å². The standard InChI is InChI=1S/C18H18N4O4/c1-24-13-5-6-15(16(8-13)25-2)21-18(23)22-10-14(11-22)26-17-12(9-19)4-3-7-20-17/h3-8,14H,10-11H2,1-2H3,(H,21,23). The molecule has 2 heterocycles. The molecule has 0 unspecified atom stereocenters. The van der Waals surface area contributed by atoms with Crippen molar-refractivity contribution < 1.29 is 19.0 Å². The number of carbonyl (C=O) groups is 1. The highest BCUT2D eigenvalue weighted by atomic mass is 16.5. The highest BCUT2D eigenvalue weighted by Gasteiger charge is 2.33. The van der Waals surface area contributed by atoms with Gasteiger partial charge >= 0.3 is 6.03 Å². The van der Waals surface area contributed by atoms with Gasteiger partial charge in [0.15, 0.2) is 0 Å². The number of pyridine rings is 1. The minimum Gasteiger partial charge on any atom is -0.497 e. The molecule has 134 valence electrons. The summed E-state index contributed by atoms with van der Waals surface area (Å²) in [4.78, 5) is 18.0. The van der Waals surface area contributed by atoms with Gasteiger partial charge in [-0.25, -0.2) is 9.78 Å². The number of benzene rings is 1. The Hall–Kier alpha value is -3.47. The van der Waals surface area contributed by atoms with E-state index in [1.54, 1.807) is 48.5 Å². The van der Waals surface area contributed by atoms with Gasteiger partial charge in [0.25, 0.3) is 0 Å². The molecular weight excluding hydrogens is 336 g/mol. The number of nitriles is 1. The molecule has 1 aliphatic rings. The SMILES string of the molecule is COc1ccc(NC(=O)N2CC(Oc3ncccc3C#N)C2)c(OC)c1. The Morgan fingerprint density at radius 1 is 1.31 bits per heavy atom. The largest absolute Gasteiger partial charge is 0.497 e. The van der Waals surface area contributed by atoms with Crippen molar-refractivity contribution in [2.75, 3.05) is 32.6 Å². The fourth-order valence-electron chi connectivity index (χ4n) is 2.50. The van der Waals surface area contributed by atoms with E-state index in [0.29, 0.717) is 35.8 Å². The monoisotopic (exact) mass is 354 g/mol. The molecule has 3 rings (SSSR count). The summed E-state index contributed by atoms with van der Waals surface area (Å²) in [6, 6.07) is 10.2. The minimum absolute atomic E-state index is 0.194. The molecule has 1 fully saturated rings. The lowest BCUT2D eigenvalue weighted by Gasteiger charge is -2.38. The van der Waals surface area contributed by atoms with Gasteiger partial charge < -0.3 is 24.4 Å². The molecule has 1 aliphatic heterocycles. The van der Waals surface area contributed by atoms with Crippen molar-refractivity contribution in [2.24, 2.45) is 0 Å². The van der Waals surface area contributed by atoms with Crippen molar-refractivity contribution in [3.63, 3.8) is 0 Å². The fraction of sp³-hybridized carbons (Fsp3) is 0.278. The van der Waals surface area contributed by atoms with Crippen LogP contribution in [0, 0.1) is 11.3 Å². The number of carbonyl (C=O) groups excluding carboxylic acids is 1. The van der Waals surface area contributed by atoms with Gasteiger partial charge in [-0.2, -0.15) is 5.26 Å². The van der Waals surface area contributed by atoms with Crippen molar-refractivity contribution >= 4 is 11.7 Å². The summed E-state index contributed by atoms with van der Waals surface area (Å²) in [5.41, 5.74) is 0.928. The molecule has 1 aromatic carbocycles. The highest BCUT2D eigenvalue weighted by Crippen LogP contribution is 2.29. The van der Waals surface area contributed by atoms with Crippen LogP contribution in [0.15, 0.2) is 36.5 Å². The van der Waals surface area contributed by atoms with Crippen LogP contribution < -0.4 is 19.5 Å². The Kier molecular flexibility index (Phi) is 5.08. The van der Waals surface area contributed by atoms with Gasteiger partial charge in [-0.15, -0.1) is 0 Å². The molecule has 0 bridgehead atoms. The maximum atomic E-state index is 12.3. The van der Waals surface area contributed by atoms with Crippen LogP contribution in [0.2, 0.25) is 0 Å². The van der Waals surface area contributed by atoms with Crippen LogP contribution in [0.1, 0.15) is 5.56 Å². The van der Waals surface area contributed by atoms with Gasteiger partial charge in [0, 0.05) is 12.3 Å². The first-order chi connectivity index (χ1) is 12.6. The Balaban J connectivity index is 1.56. The molecule has 1 saturated heterocycles. The summed E-state index contributed by atoms with van der Waals surface area (Å²) >= 11 is 0. The number of aromatic nitrogens is 1. The number of ether oxygens (including phenoxy) is 3. The van der Waals surface area contributed by atoms with Crippen LogP contribution in [0.25, 0.3) is 0 Å². The summed E-state index contributed by atoms with van der Waals surface area (Å²) in [5.74, 6) is 1.44. The van der Waals surface area contributed by atoms with Crippen molar-refractivity contribution in [1.29, 1.82) is 5.26 Å². The van der Waals surface area contributed by atoms with Crippen molar-refractivity contribution in [3.05, 3.63) is 42.1 Å². The molecule has 2 amide bonds. The van der Waals surface area contributed by atoms with E-state index in [-0.39, 0.29) is 18.0 Å². The number of urea groups is 1. The first kappa shape index (κ1) is 17.4. The summed E-state index contributed by atoms with van der Waals surface area (Å²) in [6.07, 6.45) is 1.37. The smallest absolute Gasteiger partial charge is 0.322 e. The predicted molar refractivity (Wildman–Crippen MR) is 93.5 cm³/mol.